The first kappa shape index (κ1) is 89.1. The van der Waals surface area contributed by atoms with Crippen LogP contribution < -0.4 is 5.32 Å². The maximum absolute atomic E-state index is 12.5. The van der Waals surface area contributed by atoms with Crippen molar-refractivity contribution in [3.63, 3.8) is 0 Å². The van der Waals surface area contributed by atoms with Gasteiger partial charge < -0.3 is 20.3 Å². The summed E-state index contributed by atoms with van der Waals surface area (Å²) in [7, 11) is 0. The number of rotatable bonds is 79. The van der Waals surface area contributed by atoms with Crippen LogP contribution in [0, 0.1) is 0 Å². The van der Waals surface area contributed by atoms with Crippen molar-refractivity contribution < 1.29 is 24.5 Å². The zero-order valence-corrected chi connectivity index (χ0v) is 61.9. The number of aliphatic hydroxyl groups excluding tert-OH is 2. The van der Waals surface area contributed by atoms with E-state index in [1.807, 2.05) is 6.08 Å². The molecule has 0 bridgehead atoms. The Labute approximate surface area is 570 Å². The summed E-state index contributed by atoms with van der Waals surface area (Å²) >= 11 is 0. The van der Waals surface area contributed by atoms with E-state index < -0.39 is 12.1 Å². The van der Waals surface area contributed by atoms with Crippen LogP contribution in [0.4, 0.5) is 0 Å². The van der Waals surface area contributed by atoms with Crippen LogP contribution in [0.3, 0.4) is 0 Å². The molecule has 0 heterocycles. The second-order valence-corrected chi connectivity index (χ2v) is 28.8. The molecule has 0 aliphatic rings. The molecule has 0 aromatic carbocycles. The second-order valence-electron chi connectivity index (χ2n) is 28.8. The van der Waals surface area contributed by atoms with Crippen LogP contribution in [0.15, 0.2) is 36.5 Å². The second kappa shape index (κ2) is 80.5. The molecule has 91 heavy (non-hydrogen) atoms. The Balaban J connectivity index is 3.34. The minimum absolute atomic E-state index is 0.0151. The lowest BCUT2D eigenvalue weighted by atomic mass is 10.0. The van der Waals surface area contributed by atoms with Gasteiger partial charge in [0.1, 0.15) is 0 Å². The summed E-state index contributed by atoms with van der Waals surface area (Å²) in [5, 5.41) is 23.3. The average molecular weight is 1280 g/mol. The SMILES string of the molecule is CCCCCCCC/C=C\CCCCCCCC(=O)OCCCCCCCCCCCCCCCCCCCC/C=C\CCCCCCCCCCCCCCCCCCCC(=O)NC(CO)C(O)/C=C/CCCCCCCCCCCCCCCCCCCC. The quantitative estimate of drug-likeness (QED) is 0.0320. The number of allylic oxidation sites excluding steroid dienone is 5. The Hall–Kier alpha value is -1.92. The van der Waals surface area contributed by atoms with E-state index in [1.165, 1.54) is 398 Å². The van der Waals surface area contributed by atoms with Gasteiger partial charge in [0.2, 0.25) is 5.91 Å². The summed E-state index contributed by atoms with van der Waals surface area (Å²) in [6.07, 6.45) is 106. The fraction of sp³-hybridized carbons (Fsp3) is 0.906. The van der Waals surface area contributed by atoms with Gasteiger partial charge in [-0.1, -0.05) is 410 Å². The van der Waals surface area contributed by atoms with Crippen molar-refractivity contribution in [1.82, 2.24) is 5.32 Å². The fourth-order valence-electron chi connectivity index (χ4n) is 13.3. The Morgan fingerprint density at radius 3 is 0.780 bits per heavy atom. The Morgan fingerprint density at radius 2 is 0.516 bits per heavy atom. The molecule has 538 valence electrons. The molecule has 0 aromatic rings. The van der Waals surface area contributed by atoms with Crippen molar-refractivity contribution in [2.45, 2.75) is 482 Å². The third-order valence-corrected chi connectivity index (χ3v) is 19.6. The number of carbonyl (C=O) groups excluding carboxylic acids is 2. The normalized spacial score (nSPS) is 12.6. The summed E-state index contributed by atoms with van der Waals surface area (Å²) in [6.45, 7) is 4.95. The van der Waals surface area contributed by atoms with E-state index in [4.69, 9.17) is 4.74 Å². The molecular formula is C85H163NO5. The third-order valence-electron chi connectivity index (χ3n) is 19.6. The number of esters is 1. The van der Waals surface area contributed by atoms with E-state index >= 15 is 0 Å². The van der Waals surface area contributed by atoms with Gasteiger partial charge in [0.25, 0.3) is 0 Å². The van der Waals surface area contributed by atoms with Gasteiger partial charge in [-0.25, -0.2) is 0 Å². The maximum Gasteiger partial charge on any atom is 0.305 e. The number of hydrogen-bond donors (Lipinski definition) is 3. The Kier molecular flexibility index (Phi) is 78.8. The fourth-order valence-corrected chi connectivity index (χ4v) is 13.3. The van der Waals surface area contributed by atoms with Crippen LogP contribution in [0.2, 0.25) is 0 Å². The average Bonchev–Trinajstić information content (AvgIpc) is 3.74. The summed E-state index contributed by atoms with van der Waals surface area (Å²) in [4.78, 5) is 24.6. The van der Waals surface area contributed by atoms with Gasteiger partial charge in [-0.05, 0) is 83.5 Å². The zero-order chi connectivity index (χ0) is 65.6. The molecule has 0 saturated carbocycles. The van der Waals surface area contributed by atoms with E-state index in [1.54, 1.807) is 6.08 Å². The number of hydrogen-bond acceptors (Lipinski definition) is 5. The van der Waals surface area contributed by atoms with Gasteiger partial charge in [0.15, 0.2) is 0 Å². The topological polar surface area (TPSA) is 95.9 Å². The molecule has 1 amide bonds. The Morgan fingerprint density at radius 1 is 0.297 bits per heavy atom. The zero-order valence-electron chi connectivity index (χ0n) is 61.9. The van der Waals surface area contributed by atoms with E-state index in [0.717, 1.165) is 44.9 Å². The van der Waals surface area contributed by atoms with Crippen LogP contribution in [-0.4, -0.2) is 47.4 Å². The summed E-state index contributed by atoms with van der Waals surface area (Å²) in [6, 6.07) is -0.626. The lowest BCUT2D eigenvalue weighted by Crippen LogP contribution is -2.45. The number of aliphatic hydroxyl groups is 2. The Bertz CT molecular complexity index is 1470. The number of nitrogens with one attached hydrogen (secondary N) is 1. The predicted molar refractivity (Wildman–Crippen MR) is 403 cm³/mol. The monoisotopic (exact) mass is 1280 g/mol. The van der Waals surface area contributed by atoms with Crippen LogP contribution in [0.25, 0.3) is 0 Å². The molecular weight excluding hydrogens is 1110 g/mol. The van der Waals surface area contributed by atoms with Crippen molar-refractivity contribution in [2.24, 2.45) is 0 Å². The smallest absolute Gasteiger partial charge is 0.305 e. The maximum atomic E-state index is 12.5. The van der Waals surface area contributed by atoms with Gasteiger partial charge in [-0.3, -0.25) is 9.59 Å². The molecule has 0 aromatic heterocycles. The van der Waals surface area contributed by atoms with E-state index in [2.05, 4.69) is 43.5 Å². The van der Waals surface area contributed by atoms with Gasteiger partial charge in [-0.2, -0.15) is 0 Å². The van der Waals surface area contributed by atoms with Crippen LogP contribution in [-0.2, 0) is 14.3 Å². The first-order valence-corrected chi connectivity index (χ1v) is 41.8. The third kappa shape index (κ3) is 77.0. The molecule has 0 saturated heterocycles. The highest BCUT2D eigenvalue weighted by Gasteiger charge is 2.18. The lowest BCUT2D eigenvalue weighted by Gasteiger charge is -2.20. The molecule has 0 rings (SSSR count). The number of ether oxygens (including phenoxy) is 1. The van der Waals surface area contributed by atoms with E-state index in [-0.39, 0.29) is 18.5 Å². The van der Waals surface area contributed by atoms with Crippen molar-refractivity contribution in [2.75, 3.05) is 13.2 Å². The highest BCUT2D eigenvalue weighted by Crippen LogP contribution is 2.20. The van der Waals surface area contributed by atoms with Crippen LogP contribution in [0.1, 0.15) is 470 Å². The molecule has 6 nitrogen and oxygen atoms in total. The van der Waals surface area contributed by atoms with E-state index in [9.17, 15) is 19.8 Å². The van der Waals surface area contributed by atoms with Crippen molar-refractivity contribution in [1.29, 1.82) is 0 Å². The minimum Gasteiger partial charge on any atom is -0.466 e. The highest BCUT2D eigenvalue weighted by molar-refractivity contribution is 5.76. The molecule has 6 heteroatoms. The molecule has 0 fully saturated rings. The largest absolute Gasteiger partial charge is 0.466 e. The van der Waals surface area contributed by atoms with Crippen molar-refractivity contribution in [3.05, 3.63) is 36.5 Å². The van der Waals surface area contributed by atoms with Crippen molar-refractivity contribution in [3.8, 4) is 0 Å². The molecule has 2 atom stereocenters. The lowest BCUT2D eigenvalue weighted by molar-refractivity contribution is -0.143. The molecule has 0 radical (unpaired) electrons. The molecule has 0 aliphatic heterocycles. The number of carbonyl (C=O) groups is 2. The first-order valence-electron chi connectivity index (χ1n) is 41.8. The molecule has 3 N–H and O–H groups in total. The van der Waals surface area contributed by atoms with Gasteiger partial charge in [0, 0.05) is 12.8 Å². The van der Waals surface area contributed by atoms with E-state index in [0.29, 0.717) is 19.4 Å². The van der Waals surface area contributed by atoms with Gasteiger partial charge in [-0.15, -0.1) is 0 Å². The highest BCUT2D eigenvalue weighted by atomic mass is 16.5. The number of unbranched alkanes of at least 4 members (excludes halogenated alkanes) is 64. The summed E-state index contributed by atoms with van der Waals surface area (Å²) in [5.41, 5.74) is 0. The molecule has 0 aliphatic carbocycles. The predicted octanol–water partition coefficient (Wildman–Crippen LogP) is 27.8. The molecule has 2 unspecified atom stereocenters. The molecule has 0 spiro atoms. The number of amides is 1. The minimum atomic E-state index is -0.842. The van der Waals surface area contributed by atoms with Crippen LogP contribution >= 0.6 is 0 Å². The van der Waals surface area contributed by atoms with Crippen LogP contribution in [0.5, 0.6) is 0 Å². The van der Waals surface area contributed by atoms with Crippen molar-refractivity contribution >= 4 is 11.9 Å². The summed E-state index contributed by atoms with van der Waals surface area (Å²) in [5.74, 6) is -0.0440. The first-order chi connectivity index (χ1) is 45.0. The summed E-state index contributed by atoms with van der Waals surface area (Å²) < 4.78 is 5.50. The standard InChI is InChI=1S/C85H163NO5/c1-3-5-7-9-11-13-15-17-19-20-21-43-46-50-53-57-61-65-69-73-77-83(88)82(81-87)86-84(89)78-74-70-66-62-58-54-51-47-44-41-39-37-35-33-31-29-27-25-23-22-24-26-28-30-32-34-36-38-40-42-45-48-52-56-60-64-68-72-76-80-91-85(90)79-75-71-67-63-59-55-49-18-16-14-12-10-8-6-4-2/h18,22-23,49,73,77,82-83,87-88H,3-17,19-21,24-48,50-72,74-76,78-81H2,1-2H3,(H,86,89)/b23-22-,49-18-,77-73+. The van der Waals surface area contributed by atoms with Gasteiger partial charge in [0.05, 0.1) is 25.4 Å². The van der Waals surface area contributed by atoms with Gasteiger partial charge >= 0.3 is 5.97 Å².